The van der Waals surface area contributed by atoms with E-state index in [4.69, 9.17) is 9.15 Å². The molecular formula is C23H24N2O5. The molecule has 0 aliphatic carbocycles. The Hall–Kier alpha value is -3.61. The monoisotopic (exact) mass is 408 g/mol. The van der Waals surface area contributed by atoms with Crippen LogP contribution in [0.15, 0.2) is 57.7 Å². The maximum absolute atomic E-state index is 12.3. The molecule has 156 valence electrons. The minimum Gasteiger partial charge on any atom is -0.484 e. The number of ether oxygens (including phenoxy) is 1. The van der Waals surface area contributed by atoms with Crippen molar-refractivity contribution in [3.05, 3.63) is 70.1 Å². The van der Waals surface area contributed by atoms with Crippen LogP contribution in [-0.2, 0) is 16.0 Å². The molecular weight excluding hydrogens is 384 g/mol. The summed E-state index contributed by atoms with van der Waals surface area (Å²) < 4.78 is 10.8. The largest absolute Gasteiger partial charge is 0.484 e. The SMILES string of the molecule is CCc1cc(=O)oc2cc(OCC(=O)N(C)CC(=O)Nc3ccc(C)cc3)ccc12. The van der Waals surface area contributed by atoms with E-state index in [2.05, 4.69) is 5.32 Å². The molecule has 0 atom stereocenters. The van der Waals surface area contributed by atoms with E-state index in [1.54, 1.807) is 30.3 Å². The smallest absolute Gasteiger partial charge is 0.336 e. The molecule has 0 spiro atoms. The van der Waals surface area contributed by atoms with E-state index >= 15 is 0 Å². The number of hydrogen-bond donors (Lipinski definition) is 1. The first kappa shape index (κ1) is 21.1. The Labute approximate surface area is 174 Å². The van der Waals surface area contributed by atoms with Gasteiger partial charge in [-0.3, -0.25) is 9.59 Å². The average Bonchev–Trinajstić information content (AvgIpc) is 2.72. The predicted octanol–water partition coefficient (Wildman–Crippen LogP) is 3.14. The average molecular weight is 408 g/mol. The first-order valence-electron chi connectivity index (χ1n) is 9.65. The lowest BCUT2D eigenvalue weighted by Gasteiger charge is -2.17. The number of amides is 2. The Kier molecular flexibility index (Phi) is 6.51. The molecule has 3 rings (SSSR count). The molecule has 1 aromatic heterocycles. The Balaban J connectivity index is 1.57. The van der Waals surface area contributed by atoms with Crippen molar-refractivity contribution in [3.8, 4) is 5.75 Å². The fourth-order valence-corrected chi connectivity index (χ4v) is 2.99. The van der Waals surface area contributed by atoms with Crippen molar-refractivity contribution in [1.82, 2.24) is 4.90 Å². The van der Waals surface area contributed by atoms with Gasteiger partial charge in [0.05, 0.1) is 6.54 Å². The summed E-state index contributed by atoms with van der Waals surface area (Å²) in [6.07, 6.45) is 0.705. The summed E-state index contributed by atoms with van der Waals surface area (Å²) in [6.45, 7) is 3.59. The van der Waals surface area contributed by atoms with Crippen LogP contribution < -0.4 is 15.7 Å². The standard InChI is InChI=1S/C23H24N2O5/c1-4-16-11-23(28)30-20-12-18(9-10-19(16)20)29-14-22(27)25(3)13-21(26)24-17-7-5-15(2)6-8-17/h5-12H,4,13-14H2,1-3H3,(H,24,26). The van der Waals surface area contributed by atoms with E-state index in [9.17, 15) is 14.4 Å². The third-order valence-electron chi connectivity index (χ3n) is 4.69. The van der Waals surface area contributed by atoms with Crippen molar-refractivity contribution in [2.75, 3.05) is 25.5 Å². The number of anilines is 1. The molecule has 1 N–H and O–H groups in total. The highest BCUT2D eigenvalue weighted by Gasteiger charge is 2.14. The van der Waals surface area contributed by atoms with Gasteiger partial charge in [0, 0.05) is 30.3 Å². The molecule has 0 unspecified atom stereocenters. The lowest BCUT2D eigenvalue weighted by Crippen LogP contribution is -2.37. The lowest BCUT2D eigenvalue weighted by atomic mass is 10.1. The molecule has 2 amide bonds. The highest BCUT2D eigenvalue weighted by molar-refractivity contribution is 5.94. The van der Waals surface area contributed by atoms with Gasteiger partial charge in [0.2, 0.25) is 5.91 Å². The Morgan fingerprint density at radius 1 is 1.10 bits per heavy atom. The molecule has 0 saturated carbocycles. The number of nitrogens with one attached hydrogen (secondary N) is 1. The summed E-state index contributed by atoms with van der Waals surface area (Å²) in [5, 5.41) is 3.58. The highest BCUT2D eigenvalue weighted by Crippen LogP contribution is 2.23. The molecule has 7 nitrogen and oxygen atoms in total. The topological polar surface area (TPSA) is 88.8 Å². The van der Waals surface area contributed by atoms with E-state index in [1.165, 1.54) is 18.0 Å². The fourth-order valence-electron chi connectivity index (χ4n) is 2.99. The first-order valence-corrected chi connectivity index (χ1v) is 9.65. The molecule has 2 aromatic carbocycles. The molecule has 30 heavy (non-hydrogen) atoms. The molecule has 0 aliphatic rings. The number of benzene rings is 2. The predicted molar refractivity (Wildman–Crippen MR) is 115 cm³/mol. The second kappa shape index (κ2) is 9.26. The number of likely N-dealkylation sites (N-methyl/N-ethyl adjacent to an activating group) is 1. The summed E-state index contributed by atoms with van der Waals surface area (Å²) in [4.78, 5) is 37.4. The Morgan fingerprint density at radius 2 is 1.83 bits per heavy atom. The molecule has 3 aromatic rings. The van der Waals surface area contributed by atoms with Gasteiger partial charge in [0.15, 0.2) is 6.61 Å². The van der Waals surface area contributed by atoms with Gasteiger partial charge in [-0.25, -0.2) is 4.79 Å². The van der Waals surface area contributed by atoms with Crippen LogP contribution in [0, 0.1) is 6.92 Å². The van der Waals surface area contributed by atoms with Crippen LogP contribution in [0.4, 0.5) is 5.69 Å². The number of hydrogen-bond acceptors (Lipinski definition) is 5. The second-order valence-electron chi connectivity index (χ2n) is 7.05. The Bertz CT molecular complexity index is 1120. The van der Waals surface area contributed by atoms with Crippen LogP contribution in [0.25, 0.3) is 11.0 Å². The zero-order valence-corrected chi connectivity index (χ0v) is 17.2. The van der Waals surface area contributed by atoms with Gasteiger partial charge in [-0.1, -0.05) is 24.6 Å². The van der Waals surface area contributed by atoms with Gasteiger partial charge >= 0.3 is 5.63 Å². The number of carbonyl (C=O) groups is 2. The highest BCUT2D eigenvalue weighted by atomic mass is 16.5. The first-order chi connectivity index (χ1) is 14.4. The van der Waals surface area contributed by atoms with Crippen LogP contribution in [0.5, 0.6) is 5.75 Å². The van der Waals surface area contributed by atoms with Crippen LogP contribution >= 0.6 is 0 Å². The minimum absolute atomic E-state index is 0.0947. The van der Waals surface area contributed by atoms with E-state index < -0.39 is 5.63 Å². The van der Waals surface area contributed by atoms with Gasteiger partial charge in [0.25, 0.3) is 5.91 Å². The molecule has 1 heterocycles. The van der Waals surface area contributed by atoms with Crippen molar-refractivity contribution < 1.29 is 18.7 Å². The quantitative estimate of drug-likeness (QED) is 0.607. The van der Waals surface area contributed by atoms with Crippen LogP contribution in [0.2, 0.25) is 0 Å². The zero-order chi connectivity index (χ0) is 21.7. The van der Waals surface area contributed by atoms with E-state index in [-0.39, 0.29) is 25.0 Å². The molecule has 7 heteroatoms. The number of nitrogens with zero attached hydrogens (tertiary/aromatic N) is 1. The van der Waals surface area contributed by atoms with Crippen LogP contribution in [-0.4, -0.2) is 36.9 Å². The minimum atomic E-state index is -0.424. The molecule has 0 aliphatic heterocycles. The lowest BCUT2D eigenvalue weighted by molar-refractivity contribution is -0.135. The summed E-state index contributed by atoms with van der Waals surface area (Å²) in [7, 11) is 1.54. The summed E-state index contributed by atoms with van der Waals surface area (Å²) in [5.74, 6) is -0.239. The summed E-state index contributed by atoms with van der Waals surface area (Å²) in [6, 6.07) is 14.0. The summed E-state index contributed by atoms with van der Waals surface area (Å²) in [5.41, 5.74) is 2.65. The van der Waals surface area contributed by atoms with Gasteiger partial charge < -0.3 is 19.4 Å². The zero-order valence-electron chi connectivity index (χ0n) is 17.2. The van der Waals surface area contributed by atoms with Crippen LogP contribution in [0.1, 0.15) is 18.1 Å². The van der Waals surface area contributed by atoms with Gasteiger partial charge in [-0.05, 0) is 43.2 Å². The van der Waals surface area contributed by atoms with Crippen LogP contribution in [0.3, 0.4) is 0 Å². The number of carbonyl (C=O) groups excluding carboxylic acids is 2. The van der Waals surface area contributed by atoms with Crippen molar-refractivity contribution >= 4 is 28.5 Å². The third kappa shape index (κ3) is 5.26. The second-order valence-corrected chi connectivity index (χ2v) is 7.05. The van der Waals surface area contributed by atoms with Gasteiger partial charge in [-0.2, -0.15) is 0 Å². The van der Waals surface area contributed by atoms with Gasteiger partial charge in [-0.15, -0.1) is 0 Å². The van der Waals surface area contributed by atoms with Crippen molar-refractivity contribution in [1.29, 1.82) is 0 Å². The number of aryl methyl sites for hydroxylation is 2. The Morgan fingerprint density at radius 3 is 2.53 bits per heavy atom. The van der Waals surface area contributed by atoms with Crippen molar-refractivity contribution in [3.63, 3.8) is 0 Å². The fraction of sp³-hybridized carbons (Fsp3) is 0.261. The summed E-state index contributed by atoms with van der Waals surface area (Å²) >= 11 is 0. The number of fused-ring (bicyclic) bond motifs is 1. The van der Waals surface area contributed by atoms with E-state index in [1.807, 2.05) is 26.0 Å². The maximum atomic E-state index is 12.3. The maximum Gasteiger partial charge on any atom is 0.336 e. The molecule has 0 bridgehead atoms. The van der Waals surface area contributed by atoms with Crippen molar-refractivity contribution in [2.24, 2.45) is 0 Å². The third-order valence-corrected chi connectivity index (χ3v) is 4.69. The van der Waals surface area contributed by atoms with Gasteiger partial charge in [0.1, 0.15) is 11.3 Å². The molecule has 0 fully saturated rings. The van der Waals surface area contributed by atoms with Crippen molar-refractivity contribution in [2.45, 2.75) is 20.3 Å². The normalized spacial score (nSPS) is 10.6. The van der Waals surface area contributed by atoms with E-state index in [0.717, 1.165) is 16.5 Å². The molecule has 0 saturated heterocycles. The van der Waals surface area contributed by atoms with E-state index in [0.29, 0.717) is 23.4 Å². The molecule has 0 radical (unpaired) electrons. The number of rotatable bonds is 7.